The van der Waals surface area contributed by atoms with Crippen LogP contribution in [0.2, 0.25) is 0 Å². The molecule has 4 rings (SSSR count). The van der Waals surface area contributed by atoms with E-state index in [0.29, 0.717) is 43.1 Å². The van der Waals surface area contributed by atoms with E-state index >= 15 is 0 Å². The molecule has 3 heterocycles. The predicted molar refractivity (Wildman–Crippen MR) is 94.0 cm³/mol. The Labute approximate surface area is 151 Å². The van der Waals surface area contributed by atoms with E-state index in [2.05, 4.69) is 5.16 Å². The number of rotatable bonds is 2. The zero-order chi connectivity index (χ0) is 18.3. The van der Waals surface area contributed by atoms with Gasteiger partial charge in [0.15, 0.2) is 0 Å². The maximum atomic E-state index is 12.9. The Morgan fingerprint density at radius 1 is 1.19 bits per heavy atom. The number of likely N-dealkylation sites (tertiary alicyclic amines) is 1. The molecule has 0 saturated carbocycles. The molecular weight excluding hydrogens is 334 g/mol. The number of aryl methyl sites for hydroxylation is 2. The first kappa shape index (κ1) is 16.8. The van der Waals surface area contributed by atoms with Crippen LogP contribution in [0.5, 0.6) is 0 Å². The highest BCUT2D eigenvalue weighted by molar-refractivity contribution is 5.97. The van der Waals surface area contributed by atoms with E-state index in [-0.39, 0.29) is 18.4 Å². The van der Waals surface area contributed by atoms with Gasteiger partial charge in [-0.3, -0.25) is 9.59 Å². The van der Waals surface area contributed by atoms with Crippen molar-refractivity contribution in [2.24, 2.45) is 0 Å². The van der Waals surface area contributed by atoms with E-state index < -0.39 is 5.60 Å². The van der Waals surface area contributed by atoms with Crippen LogP contribution in [-0.2, 0) is 9.53 Å². The van der Waals surface area contributed by atoms with Crippen molar-refractivity contribution in [2.45, 2.75) is 25.9 Å². The number of anilines is 1. The Balaban J connectivity index is 1.54. The molecule has 1 aromatic heterocycles. The first-order valence-electron chi connectivity index (χ1n) is 8.71. The van der Waals surface area contributed by atoms with Gasteiger partial charge in [-0.25, -0.2) is 0 Å². The first-order chi connectivity index (χ1) is 12.5. The van der Waals surface area contributed by atoms with Crippen LogP contribution in [0.25, 0.3) is 0 Å². The zero-order valence-corrected chi connectivity index (χ0v) is 14.9. The fourth-order valence-corrected chi connectivity index (χ4v) is 3.77. The van der Waals surface area contributed by atoms with Crippen molar-refractivity contribution >= 4 is 17.5 Å². The van der Waals surface area contributed by atoms with Gasteiger partial charge in [-0.2, -0.15) is 0 Å². The first-order valence-corrected chi connectivity index (χ1v) is 8.71. The molecule has 2 saturated heterocycles. The summed E-state index contributed by atoms with van der Waals surface area (Å²) >= 11 is 0. The number of morpholine rings is 1. The normalized spacial score (nSPS) is 23.1. The van der Waals surface area contributed by atoms with Crippen molar-refractivity contribution in [3.05, 3.63) is 47.3 Å². The Morgan fingerprint density at radius 2 is 1.96 bits per heavy atom. The van der Waals surface area contributed by atoms with Gasteiger partial charge in [-0.1, -0.05) is 23.4 Å². The minimum atomic E-state index is -0.529. The highest BCUT2D eigenvalue weighted by atomic mass is 16.5. The summed E-state index contributed by atoms with van der Waals surface area (Å²) in [5.41, 5.74) is 1.45. The number of para-hydroxylation sites is 1. The highest BCUT2D eigenvalue weighted by Gasteiger charge is 2.47. The SMILES string of the molecule is Cc1noc(C)c1C(=O)N1CCC2(C1)CN(c1ccccc1)C(=O)CO2. The van der Waals surface area contributed by atoms with E-state index in [9.17, 15) is 9.59 Å². The van der Waals surface area contributed by atoms with Crippen molar-refractivity contribution in [3.8, 4) is 0 Å². The van der Waals surface area contributed by atoms with Gasteiger partial charge in [-0.05, 0) is 32.4 Å². The minimum Gasteiger partial charge on any atom is -0.361 e. The van der Waals surface area contributed by atoms with Gasteiger partial charge in [0, 0.05) is 12.2 Å². The second-order valence-corrected chi connectivity index (χ2v) is 6.96. The van der Waals surface area contributed by atoms with E-state index in [0.717, 1.165) is 5.69 Å². The van der Waals surface area contributed by atoms with E-state index in [1.807, 2.05) is 30.3 Å². The molecule has 26 heavy (non-hydrogen) atoms. The molecule has 136 valence electrons. The summed E-state index contributed by atoms with van der Waals surface area (Å²) in [5.74, 6) is 0.376. The van der Waals surface area contributed by atoms with Gasteiger partial charge in [0.05, 0.1) is 18.8 Å². The van der Waals surface area contributed by atoms with Crippen molar-refractivity contribution in [1.82, 2.24) is 10.1 Å². The van der Waals surface area contributed by atoms with Crippen LogP contribution in [0.1, 0.15) is 28.2 Å². The van der Waals surface area contributed by atoms with Gasteiger partial charge in [0.2, 0.25) is 0 Å². The number of nitrogens with zero attached hydrogens (tertiary/aromatic N) is 3. The molecule has 0 N–H and O–H groups in total. The van der Waals surface area contributed by atoms with Crippen LogP contribution in [-0.4, -0.2) is 53.7 Å². The third-order valence-corrected chi connectivity index (χ3v) is 5.17. The molecule has 2 fully saturated rings. The second kappa shape index (κ2) is 6.25. The molecule has 1 atom stereocenters. The third kappa shape index (κ3) is 2.78. The molecule has 7 nitrogen and oxygen atoms in total. The van der Waals surface area contributed by atoms with Crippen molar-refractivity contribution < 1.29 is 18.8 Å². The molecular formula is C19H21N3O4. The summed E-state index contributed by atoms with van der Waals surface area (Å²) < 4.78 is 11.0. The monoisotopic (exact) mass is 355 g/mol. The van der Waals surface area contributed by atoms with Gasteiger partial charge in [0.1, 0.15) is 23.5 Å². The van der Waals surface area contributed by atoms with Crippen LogP contribution in [0.3, 0.4) is 0 Å². The quantitative estimate of drug-likeness (QED) is 0.823. The Morgan fingerprint density at radius 3 is 2.65 bits per heavy atom. The third-order valence-electron chi connectivity index (χ3n) is 5.17. The smallest absolute Gasteiger partial charge is 0.259 e. The average Bonchev–Trinajstić information content (AvgIpc) is 3.21. The summed E-state index contributed by atoms with van der Waals surface area (Å²) in [4.78, 5) is 28.7. The molecule has 2 aromatic rings. The van der Waals surface area contributed by atoms with Crippen molar-refractivity contribution in [2.75, 3.05) is 31.1 Å². The molecule has 2 amide bonds. The summed E-state index contributed by atoms with van der Waals surface area (Å²) in [6.45, 7) is 5.02. The lowest BCUT2D eigenvalue weighted by molar-refractivity contribution is -0.137. The molecule has 0 radical (unpaired) electrons. The fraction of sp³-hybridized carbons (Fsp3) is 0.421. The predicted octanol–water partition coefficient (Wildman–Crippen LogP) is 1.94. The standard InChI is InChI=1S/C19H21N3O4/c1-13-17(14(2)26-20-13)18(24)21-9-8-19(11-21)12-22(16(23)10-25-19)15-6-4-3-5-7-15/h3-7H,8-12H2,1-2H3. The summed E-state index contributed by atoms with van der Waals surface area (Å²) in [6, 6.07) is 9.57. The number of hydrogen-bond donors (Lipinski definition) is 0. The molecule has 7 heteroatoms. The lowest BCUT2D eigenvalue weighted by Crippen LogP contribution is -2.56. The fourth-order valence-electron chi connectivity index (χ4n) is 3.77. The summed E-state index contributed by atoms with van der Waals surface area (Å²) in [5, 5.41) is 3.87. The van der Waals surface area contributed by atoms with Gasteiger partial charge >= 0.3 is 0 Å². The topological polar surface area (TPSA) is 75.9 Å². The summed E-state index contributed by atoms with van der Waals surface area (Å²) in [7, 11) is 0. The molecule has 2 aliphatic rings. The molecule has 1 unspecified atom stereocenters. The van der Waals surface area contributed by atoms with Crippen molar-refractivity contribution in [1.29, 1.82) is 0 Å². The van der Waals surface area contributed by atoms with Gasteiger partial charge in [0.25, 0.3) is 11.8 Å². The Bertz CT molecular complexity index is 828. The number of ether oxygens (including phenoxy) is 1. The van der Waals surface area contributed by atoms with E-state index in [4.69, 9.17) is 9.26 Å². The van der Waals surface area contributed by atoms with Crippen LogP contribution in [0.15, 0.2) is 34.9 Å². The molecule has 1 aromatic carbocycles. The number of amides is 2. The maximum Gasteiger partial charge on any atom is 0.259 e. The molecule has 1 spiro atoms. The second-order valence-electron chi connectivity index (χ2n) is 6.96. The van der Waals surface area contributed by atoms with Crippen LogP contribution in [0, 0.1) is 13.8 Å². The minimum absolute atomic E-state index is 0.0300. The lowest BCUT2D eigenvalue weighted by Gasteiger charge is -2.40. The largest absolute Gasteiger partial charge is 0.361 e. The van der Waals surface area contributed by atoms with E-state index in [1.54, 1.807) is 23.6 Å². The van der Waals surface area contributed by atoms with Crippen LogP contribution in [0.4, 0.5) is 5.69 Å². The molecule has 2 aliphatic heterocycles. The average molecular weight is 355 g/mol. The lowest BCUT2D eigenvalue weighted by atomic mass is 10.00. The molecule has 0 aliphatic carbocycles. The van der Waals surface area contributed by atoms with Crippen molar-refractivity contribution in [3.63, 3.8) is 0 Å². The molecule has 0 bridgehead atoms. The number of aromatic nitrogens is 1. The summed E-state index contributed by atoms with van der Waals surface area (Å²) in [6.07, 6.45) is 0.693. The number of carbonyl (C=O) groups excluding carboxylic acids is 2. The Kier molecular flexibility index (Phi) is 4.03. The maximum absolute atomic E-state index is 12.9. The Hall–Kier alpha value is -2.67. The van der Waals surface area contributed by atoms with Crippen LogP contribution < -0.4 is 4.90 Å². The zero-order valence-electron chi connectivity index (χ0n) is 14.9. The van der Waals surface area contributed by atoms with Crippen LogP contribution >= 0.6 is 0 Å². The number of carbonyl (C=O) groups is 2. The number of hydrogen-bond acceptors (Lipinski definition) is 5. The van der Waals surface area contributed by atoms with Gasteiger partial charge < -0.3 is 19.1 Å². The van der Waals surface area contributed by atoms with E-state index in [1.165, 1.54) is 0 Å². The number of benzene rings is 1. The van der Waals surface area contributed by atoms with Gasteiger partial charge in [-0.15, -0.1) is 0 Å². The highest BCUT2D eigenvalue weighted by Crippen LogP contribution is 2.33.